The van der Waals surface area contributed by atoms with Crippen LogP contribution in [0.4, 0.5) is 5.69 Å². The number of hydrogen-bond donors (Lipinski definition) is 2. The molecule has 2 N–H and O–H groups in total. The Balaban J connectivity index is 1.98. The van der Waals surface area contributed by atoms with Gasteiger partial charge in [-0.2, -0.15) is 0 Å². The summed E-state index contributed by atoms with van der Waals surface area (Å²) in [6.07, 6.45) is 7.57. The Labute approximate surface area is 83.3 Å². The molecule has 1 aliphatic heterocycles. The van der Waals surface area contributed by atoms with Gasteiger partial charge in [-0.1, -0.05) is 36.4 Å². The highest BCUT2D eigenvalue weighted by Crippen LogP contribution is 2.35. The Hall–Kier alpha value is -1.54. The monoisotopic (exact) mass is 184 g/mol. The predicted octanol–water partition coefficient (Wildman–Crippen LogP) is 2.54. The molecule has 1 aromatic rings. The van der Waals surface area contributed by atoms with E-state index in [2.05, 4.69) is 53.3 Å². The highest BCUT2D eigenvalue weighted by atomic mass is 15.4. The van der Waals surface area contributed by atoms with E-state index in [0.29, 0.717) is 6.04 Å². The Morgan fingerprint density at radius 3 is 3.00 bits per heavy atom. The first-order valence-electron chi connectivity index (χ1n) is 4.91. The number of benzene rings is 1. The summed E-state index contributed by atoms with van der Waals surface area (Å²) in [5.74, 6) is 0. The number of hydrogen-bond acceptors (Lipinski definition) is 2. The largest absolute Gasteiger partial charge is 0.320 e. The molecule has 70 valence electrons. The van der Waals surface area contributed by atoms with Crippen LogP contribution in [0.3, 0.4) is 0 Å². The van der Waals surface area contributed by atoms with Gasteiger partial charge in [-0.15, -0.1) is 0 Å². The number of para-hydroxylation sites is 1. The van der Waals surface area contributed by atoms with Gasteiger partial charge in [-0.05, 0) is 23.6 Å². The van der Waals surface area contributed by atoms with Crippen LogP contribution in [-0.2, 0) is 0 Å². The molecule has 14 heavy (non-hydrogen) atoms. The van der Waals surface area contributed by atoms with Gasteiger partial charge in [0.2, 0.25) is 0 Å². The van der Waals surface area contributed by atoms with Gasteiger partial charge in [0.05, 0.1) is 11.7 Å². The molecule has 0 saturated heterocycles. The summed E-state index contributed by atoms with van der Waals surface area (Å²) in [6, 6.07) is 8.76. The maximum absolute atomic E-state index is 3.31. The SMILES string of the molecule is C1=CCC(C2NNc3ccccc32)=C1. The fourth-order valence-electron chi connectivity index (χ4n) is 2.06. The third-order valence-corrected chi connectivity index (χ3v) is 2.79. The maximum atomic E-state index is 3.31. The second kappa shape index (κ2) is 3.00. The smallest absolute Gasteiger partial charge is 0.0746 e. The van der Waals surface area contributed by atoms with Crippen LogP contribution < -0.4 is 10.9 Å². The van der Waals surface area contributed by atoms with E-state index in [1.165, 1.54) is 16.8 Å². The molecule has 1 atom stereocenters. The zero-order chi connectivity index (χ0) is 9.38. The van der Waals surface area contributed by atoms with Crippen LogP contribution in [0, 0.1) is 0 Å². The van der Waals surface area contributed by atoms with Crippen LogP contribution in [0.15, 0.2) is 48.1 Å². The zero-order valence-corrected chi connectivity index (χ0v) is 7.83. The Morgan fingerprint density at radius 1 is 1.21 bits per heavy atom. The average molecular weight is 184 g/mol. The topological polar surface area (TPSA) is 24.1 Å². The summed E-state index contributed by atoms with van der Waals surface area (Å²) in [4.78, 5) is 0. The number of nitrogens with one attached hydrogen (secondary N) is 2. The Kier molecular flexibility index (Phi) is 1.67. The Morgan fingerprint density at radius 2 is 2.14 bits per heavy atom. The van der Waals surface area contributed by atoms with Gasteiger partial charge in [0.25, 0.3) is 0 Å². The van der Waals surface area contributed by atoms with E-state index < -0.39 is 0 Å². The first-order chi connectivity index (χ1) is 6.95. The lowest BCUT2D eigenvalue weighted by atomic mass is 9.99. The molecule has 3 rings (SSSR count). The van der Waals surface area contributed by atoms with Gasteiger partial charge in [-0.25, -0.2) is 5.43 Å². The predicted molar refractivity (Wildman–Crippen MR) is 57.8 cm³/mol. The summed E-state index contributed by atoms with van der Waals surface area (Å²) in [5, 5.41) is 0. The molecule has 1 aromatic carbocycles. The van der Waals surface area contributed by atoms with Crippen molar-refractivity contribution < 1.29 is 0 Å². The normalized spacial score (nSPS) is 23.1. The molecule has 1 aliphatic carbocycles. The van der Waals surface area contributed by atoms with Crippen molar-refractivity contribution >= 4 is 5.69 Å². The Bertz CT molecular complexity index is 418. The number of allylic oxidation sites excluding steroid dienone is 3. The minimum atomic E-state index is 0.348. The van der Waals surface area contributed by atoms with Crippen LogP contribution in [0.1, 0.15) is 18.0 Å². The van der Waals surface area contributed by atoms with E-state index in [0.717, 1.165) is 6.42 Å². The van der Waals surface area contributed by atoms with Crippen molar-refractivity contribution in [2.45, 2.75) is 12.5 Å². The van der Waals surface area contributed by atoms with Crippen molar-refractivity contribution in [3.05, 3.63) is 53.6 Å². The van der Waals surface area contributed by atoms with Crippen LogP contribution in [0.5, 0.6) is 0 Å². The molecule has 0 saturated carbocycles. The molecule has 1 heterocycles. The summed E-state index contributed by atoms with van der Waals surface area (Å²) in [6.45, 7) is 0. The van der Waals surface area contributed by atoms with E-state index in [1.54, 1.807) is 0 Å². The molecule has 0 bridgehead atoms. The van der Waals surface area contributed by atoms with Gasteiger partial charge in [0.1, 0.15) is 0 Å². The quantitative estimate of drug-likeness (QED) is 0.700. The highest BCUT2D eigenvalue weighted by molar-refractivity contribution is 5.58. The summed E-state index contributed by atoms with van der Waals surface area (Å²) >= 11 is 0. The van der Waals surface area contributed by atoms with Crippen molar-refractivity contribution in [1.82, 2.24) is 5.43 Å². The second-order valence-corrected chi connectivity index (χ2v) is 3.66. The molecular weight excluding hydrogens is 172 g/mol. The van der Waals surface area contributed by atoms with Crippen molar-refractivity contribution in [3.8, 4) is 0 Å². The van der Waals surface area contributed by atoms with Gasteiger partial charge in [0, 0.05) is 0 Å². The van der Waals surface area contributed by atoms with Crippen LogP contribution >= 0.6 is 0 Å². The lowest BCUT2D eigenvalue weighted by Gasteiger charge is -2.11. The molecule has 2 heteroatoms. The molecule has 0 spiro atoms. The number of fused-ring (bicyclic) bond motifs is 1. The molecule has 2 aliphatic rings. The van der Waals surface area contributed by atoms with Crippen molar-refractivity contribution in [3.63, 3.8) is 0 Å². The number of hydrazine groups is 1. The average Bonchev–Trinajstić information content (AvgIpc) is 2.85. The van der Waals surface area contributed by atoms with Crippen molar-refractivity contribution in [2.75, 3.05) is 5.43 Å². The number of anilines is 1. The fraction of sp³-hybridized carbons (Fsp3) is 0.167. The molecule has 0 aromatic heterocycles. The lowest BCUT2D eigenvalue weighted by Crippen LogP contribution is -2.19. The maximum Gasteiger partial charge on any atom is 0.0746 e. The zero-order valence-electron chi connectivity index (χ0n) is 7.83. The minimum Gasteiger partial charge on any atom is -0.320 e. The van der Waals surface area contributed by atoms with Crippen LogP contribution in [0.2, 0.25) is 0 Å². The van der Waals surface area contributed by atoms with Gasteiger partial charge in [-0.3, -0.25) is 0 Å². The van der Waals surface area contributed by atoms with Crippen LogP contribution in [-0.4, -0.2) is 0 Å². The van der Waals surface area contributed by atoms with Crippen molar-refractivity contribution in [2.24, 2.45) is 0 Å². The minimum absolute atomic E-state index is 0.348. The van der Waals surface area contributed by atoms with Crippen molar-refractivity contribution in [1.29, 1.82) is 0 Å². The van der Waals surface area contributed by atoms with E-state index >= 15 is 0 Å². The van der Waals surface area contributed by atoms with Gasteiger partial charge >= 0.3 is 0 Å². The summed E-state index contributed by atoms with van der Waals surface area (Å²) in [7, 11) is 0. The van der Waals surface area contributed by atoms with Gasteiger partial charge in [0.15, 0.2) is 0 Å². The second-order valence-electron chi connectivity index (χ2n) is 3.66. The van der Waals surface area contributed by atoms with Gasteiger partial charge < -0.3 is 5.43 Å². The summed E-state index contributed by atoms with van der Waals surface area (Å²) < 4.78 is 0. The first kappa shape index (κ1) is 7.83. The fourth-order valence-corrected chi connectivity index (χ4v) is 2.06. The van der Waals surface area contributed by atoms with E-state index in [-0.39, 0.29) is 0 Å². The molecular formula is C12H12N2. The molecule has 0 fully saturated rings. The molecule has 0 radical (unpaired) electrons. The first-order valence-corrected chi connectivity index (χ1v) is 4.91. The molecule has 0 amide bonds. The van der Waals surface area contributed by atoms with E-state index in [9.17, 15) is 0 Å². The summed E-state index contributed by atoms with van der Waals surface area (Å²) in [5.41, 5.74) is 10.5. The molecule has 1 unspecified atom stereocenters. The molecule has 2 nitrogen and oxygen atoms in total. The standard InChI is InChI=1S/C12H12N2/c1-2-6-9(5-1)12-10-7-3-4-8-11(10)13-14-12/h1-5,7-8,12-14H,6H2. The lowest BCUT2D eigenvalue weighted by molar-refractivity contribution is 0.703. The highest BCUT2D eigenvalue weighted by Gasteiger charge is 2.24. The van der Waals surface area contributed by atoms with E-state index in [4.69, 9.17) is 0 Å². The third kappa shape index (κ3) is 1.08. The third-order valence-electron chi connectivity index (χ3n) is 2.79. The van der Waals surface area contributed by atoms with Crippen LogP contribution in [0.25, 0.3) is 0 Å². The number of rotatable bonds is 1. The van der Waals surface area contributed by atoms with E-state index in [1.807, 2.05) is 0 Å².